The lowest BCUT2D eigenvalue weighted by molar-refractivity contribution is -0.385. The Kier molecular flexibility index (Phi) is 3.46. The maximum Gasteiger partial charge on any atom is 0.332 e. The maximum absolute atomic E-state index is 12.4. The van der Waals surface area contributed by atoms with Gasteiger partial charge in [0.1, 0.15) is 18.0 Å². The number of halogens is 1. The Bertz CT molecular complexity index is 684. The van der Waals surface area contributed by atoms with Crippen molar-refractivity contribution in [1.82, 2.24) is 5.32 Å². The van der Waals surface area contributed by atoms with Gasteiger partial charge < -0.3 is 0 Å². The van der Waals surface area contributed by atoms with Gasteiger partial charge in [-0.2, -0.15) is 8.42 Å². The van der Waals surface area contributed by atoms with Crippen molar-refractivity contribution in [3.05, 3.63) is 33.3 Å². The Morgan fingerprint density at radius 2 is 2.16 bits per heavy atom. The number of hydrogen-bond donors (Lipinski definition) is 1. The first-order chi connectivity index (χ1) is 8.84. The summed E-state index contributed by atoms with van der Waals surface area (Å²) >= 11 is 5.85. The number of sulfonamides is 1. The molecule has 9 heteroatoms. The van der Waals surface area contributed by atoms with Crippen LogP contribution in [0, 0.1) is 10.1 Å². The molecule has 0 unspecified atom stereocenters. The Balaban J connectivity index is 2.61. The first kappa shape index (κ1) is 13.8. The summed E-state index contributed by atoms with van der Waals surface area (Å²) in [7, 11) is -3.88. The molecule has 1 aromatic rings. The summed E-state index contributed by atoms with van der Waals surface area (Å²) in [5.74, 6) is 0.475. The summed E-state index contributed by atoms with van der Waals surface area (Å²) in [6.45, 7) is 2.39. The van der Waals surface area contributed by atoms with Gasteiger partial charge in [0.25, 0.3) is 11.5 Å². The molecule has 1 heterocycles. The van der Waals surface area contributed by atoms with Gasteiger partial charge in [0.2, 0.25) is 0 Å². The lowest BCUT2D eigenvalue weighted by atomic mass is 10.3. The van der Waals surface area contributed by atoms with Crippen LogP contribution in [-0.2, 0) is 10.0 Å². The fourth-order valence-corrected chi connectivity index (χ4v) is 3.81. The Morgan fingerprint density at radius 3 is 2.68 bits per heavy atom. The molecule has 102 valence electrons. The molecule has 0 amide bonds. The van der Waals surface area contributed by atoms with E-state index < -0.39 is 14.9 Å². The van der Waals surface area contributed by atoms with Crippen molar-refractivity contribution >= 4 is 33.1 Å². The van der Waals surface area contributed by atoms with E-state index in [1.165, 1.54) is 12.1 Å². The van der Waals surface area contributed by atoms with E-state index in [1.807, 2.05) is 0 Å². The van der Waals surface area contributed by atoms with Crippen molar-refractivity contribution in [3.8, 4) is 0 Å². The Morgan fingerprint density at radius 1 is 1.47 bits per heavy atom. The number of nitro benzene ring substituents is 1. The van der Waals surface area contributed by atoms with Crippen molar-refractivity contribution in [2.75, 3.05) is 13.1 Å². The van der Waals surface area contributed by atoms with Gasteiger partial charge in [0.05, 0.1) is 9.95 Å². The third-order valence-corrected chi connectivity index (χ3v) is 5.14. The summed E-state index contributed by atoms with van der Waals surface area (Å²) in [6, 6.07) is 3.36. The molecule has 1 aromatic carbocycles. The van der Waals surface area contributed by atoms with Crippen LogP contribution >= 0.6 is 11.6 Å². The zero-order valence-electron chi connectivity index (χ0n) is 9.96. The van der Waals surface area contributed by atoms with E-state index >= 15 is 0 Å². The highest BCUT2D eigenvalue weighted by molar-refractivity contribution is 7.85. The third-order valence-electron chi connectivity index (χ3n) is 2.76. The Labute approximate surface area is 114 Å². The second-order valence-electron chi connectivity index (χ2n) is 3.96. The van der Waals surface area contributed by atoms with E-state index in [2.05, 4.69) is 5.32 Å². The lowest BCUT2D eigenvalue weighted by Gasteiger charge is -2.06. The SMILES string of the molecule is CC1=[N+](S(=O)(=O)c2cc([N+](=O)[O-])ccc2Cl)CCN1. The molecule has 0 aromatic heterocycles. The van der Waals surface area contributed by atoms with Crippen LogP contribution in [0.2, 0.25) is 5.02 Å². The second-order valence-corrected chi connectivity index (χ2v) is 6.20. The fourth-order valence-electron chi connectivity index (χ4n) is 1.82. The lowest BCUT2D eigenvalue weighted by Crippen LogP contribution is -2.25. The number of nitrogens with zero attached hydrogens (tertiary/aromatic N) is 2. The van der Waals surface area contributed by atoms with Crippen molar-refractivity contribution in [2.45, 2.75) is 11.8 Å². The highest BCUT2D eigenvalue weighted by Gasteiger charge is 2.33. The average Bonchev–Trinajstić information content (AvgIpc) is 2.76. The molecule has 7 nitrogen and oxygen atoms in total. The van der Waals surface area contributed by atoms with Crippen LogP contribution < -0.4 is 5.32 Å². The van der Waals surface area contributed by atoms with E-state index in [9.17, 15) is 18.5 Å². The van der Waals surface area contributed by atoms with Crippen LogP contribution in [0.15, 0.2) is 23.1 Å². The van der Waals surface area contributed by atoms with Gasteiger partial charge in [-0.1, -0.05) is 11.6 Å². The minimum absolute atomic E-state index is 0.0368. The first-order valence-corrected chi connectivity index (χ1v) is 7.20. The van der Waals surface area contributed by atoms with Gasteiger partial charge in [-0.3, -0.25) is 15.4 Å². The zero-order valence-corrected chi connectivity index (χ0v) is 11.5. The molecule has 0 aliphatic carbocycles. The molecule has 1 aliphatic rings. The number of benzene rings is 1. The van der Waals surface area contributed by atoms with E-state index in [4.69, 9.17) is 11.6 Å². The highest BCUT2D eigenvalue weighted by Crippen LogP contribution is 2.27. The third kappa shape index (κ3) is 2.41. The number of hydrogen-bond acceptors (Lipinski definition) is 5. The molecular formula is C10H11ClN3O4S+. The molecule has 0 saturated heterocycles. The molecule has 2 rings (SSSR count). The fraction of sp³-hybridized carbons (Fsp3) is 0.300. The van der Waals surface area contributed by atoms with Crippen molar-refractivity contribution in [1.29, 1.82) is 0 Å². The van der Waals surface area contributed by atoms with Crippen LogP contribution in [0.5, 0.6) is 0 Å². The number of amidine groups is 1. The Hall–Kier alpha value is -1.67. The molecule has 0 bridgehead atoms. The van der Waals surface area contributed by atoms with Gasteiger partial charge in [-0.05, 0) is 6.07 Å². The van der Waals surface area contributed by atoms with E-state index in [-0.39, 0.29) is 22.2 Å². The van der Waals surface area contributed by atoms with Gasteiger partial charge in [-0.25, -0.2) is 0 Å². The van der Waals surface area contributed by atoms with Crippen LogP contribution in [0.25, 0.3) is 0 Å². The topological polar surface area (TPSA) is 92.3 Å². The molecule has 1 aliphatic heterocycles. The molecule has 0 saturated carbocycles. The van der Waals surface area contributed by atoms with Crippen molar-refractivity contribution in [3.63, 3.8) is 0 Å². The normalized spacial score (nSPS) is 15.5. The average molecular weight is 305 g/mol. The molecule has 0 radical (unpaired) electrons. The molecular weight excluding hydrogens is 294 g/mol. The molecule has 0 atom stereocenters. The van der Waals surface area contributed by atoms with Crippen LogP contribution in [0.4, 0.5) is 5.69 Å². The number of non-ortho nitro benzene ring substituents is 1. The second kappa shape index (κ2) is 4.78. The predicted octanol–water partition coefficient (Wildman–Crippen LogP) is 0.971. The highest BCUT2D eigenvalue weighted by atomic mass is 35.5. The van der Waals surface area contributed by atoms with Crippen LogP contribution in [-0.4, -0.2) is 36.2 Å². The van der Waals surface area contributed by atoms with Crippen LogP contribution in [0.1, 0.15) is 6.92 Å². The molecule has 0 spiro atoms. The summed E-state index contributed by atoms with van der Waals surface area (Å²) in [4.78, 5) is 9.80. The first-order valence-electron chi connectivity index (χ1n) is 5.38. The predicted molar refractivity (Wildman–Crippen MR) is 69.1 cm³/mol. The van der Waals surface area contributed by atoms with Gasteiger partial charge in [0.15, 0.2) is 0 Å². The zero-order chi connectivity index (χ0) is 14.2. The molecule has 1 N–H and O–H groups in total. The molecule has 19 heavy (non-hydrogen) atoms. The van der Waals surface area contributed by atoms with Crippen LogP contribution in [0.3, 0.4) is 0 Å². The smallest absolute Gasteiger partial charge is 0.274 e. The monoisotopic (exact) mass is 304 g/mol. The summed E-state index contributed by atoms with van der Waals surface area (Å²) in [6.07, 6.45) is 0. The van der Waals surface area contributed by atoms with E-state index in [1.54, 1.807) is 6.92 Å². The number of rotatable bonds is 3. The van der Waals surface area contributed by atoms with E-state index in [0.29, 0.717) is 12.4 Å². The van der Waals surface area contributed by atoms with Crippen molar-refractivity contribution < 1.29 is 17.3 Å². The van der Waals surface area contributed by atoms with E-state index in [0.717, 1.165) is 10.0 Å². The van der Waals surface area contributed by atoms with Crippen molar-refractivity contribution in [2.24, 2.45) is 0 Å². The quantitative estimate of drug-likeness (QED) is 0.510. The summed E-state index contributed by atoms with van der Waals surface area (Å²) in [5, 5.41) is 13.6. The van der Waals surface area contributed by atoms with Gasteiger partial charge in [0, 0.05) is 19.1 Å². The van der Waals surface area contributed by atoms with Gasteiger partial charge in [-0.15, -0.1) is 3.98 Å². The number of nitrogens with one attached hydrogen (secondary N) is 1. The van der Waals surface area contributed by atoms with Gasteiger partial charge >= 0.3 is 10.0 Å². The maximum atomic E-state index is 12.4. The minimum atomic E-state index is -3.88. The summed E-state index contributed by atoms with van der Waals surface area (Å²) < 4.78 is 25.9. The summed E-state index contributed by atoms with van der Waals surface area (Å²) in [5.41, 5.74) is -0.312. The number of nitro groups is 1. The largest absolute Gasteiger partial charge is 0.332 e. The minimum Gasteiger partial charge on any atom is -0.274 e. The molecule has 0 fully saturated rings. The standard InChI is InChI=1S/C10H10ClN3O4S/c1-7-12-4-5-13(7)19(17,18)10-6-8(14(15)16)2-3-9(10)11/h2-3,6H,4-5H2,1H3/p+1.